The van der Waals surface area contributed by atoms with E-state index in [1.807, 2.05) is 61.7 Å². The van der Waals surface area contributed by atoms with Crippen molar-refractivity contribution in [2.75, 3.05) is 17.8 Å². The van der Waals surface area contributed by atoms with Crippen molar-refractivity contribution in [3.63, 3.8) is 0 Å². The first-order valence-corrected chi connectivity index (χ1v) is 10.5. The molecule has 0 bridgehead atoms. The van der Waals surface area contributed by atoms with Crippen LogP contribution in [0, 0.1) is 0 Å². The second kappa shape index (κ2) is 7.71. The lowest BCUT2D eigenvalue weighted by Crippen LogP contribution is -2.60. The van der Waals surface area contributed by atoms with E-state index >= 15 is 0 Å². The van der Waals surface area contributed by atoms with Gasteiger partial charge in [-0.05, 0) is 48.2 Å². The van der Waals surface area contributed by atoms with Gasteiger partial charge in [0.2, 0.25) is 11.1 Å². The summed E-state index contributed by atoms with van der Waals surface area (Å²) in [6.45, 7) is 3.97. The van der Waals surface area contributed by atoms with Crippen molar-refractivity contribution in [3.05, 3.63) is 64.4 Å². The van der Waals surface area contributed by atoms with E-state index in [2.05, 4.69) is 10.1 Å². The fourth-order valence-corrected chi connectivity index (χ4v) is 4.00. The maximum absolute atomic E-state index is 13.0. The molecule has 0 unspecified atom stereocenters. The van der Waals surface area contributed by atoms with E-state index in [1.54, 1.807) is 9.58 Å². The lowest BCUT2D eigenvalue weighted by atomic mass is 10.0. The zero-order valence-corrected chi connectivity index (χ0v) is 17.2. The maximum Gasteiger partial charge on any atom is 0.325 e. The summed E-state index contributed by atoms with van der Waals surface area (Å²) in [7, 11) is 0. The van der Waals surface area contributed by atoms with E-state index in [4.69, 9.17) is 4.74 Å². The molecule has 1 aliphatic heterocycles. The van der Waals surface area contributed by atoms with Crippen LogP contribution in [0.15, 0.2) is 58.5 Å². The van der Waals surface area contributed by atoms with E-state index in [9.17, 15) is 9.59 Å². The third-order valence-corrected chi connectivity index (χ3v) is 5.33. The Balaban J connectivity index is 2.04. The minimum Gasteiger partial charge on any atom is -0.494 e. The molecule has 0 saturated carbocycles. The molecule has 1 amide bonds. The number of anilines is 1. The van der Waals surface area contributed by atoms with Gasteiger partial charge < -0.3 is 4.74 Å². The van der Waals surface area contributed by atoms with Crippen molar-refractivity contribution in [1.29, 1.82) is 0 Å². The summed E-state index contributed by atoms with van der Waals surface area (Å²) in [5.41, 5.74) is 2.32. The molecular weight excluding hydrogens is 388 g/mol. The first-order chi connectivity index (χ1) is 14.0. The van der Waals surface area contributed by atoms with Gasteiger partial charge in [-0.2, -0.15) is 0 Å². The van der Waals surface area contributed by atoms with Crippen molar-refractivity contribution in [2.45, 2.75) is 25.2 Å². The van der Waals surface area contributed by atoms with Crippen LogP contribution in [0.5, 0.6) is 5.75 Å². The van der Waals surface area contributed by atoms with Gasteiger partial charge in [-0.3, -0.25) is 14.6 Å². The summed E-state index contributed by atoms with van der Waals surface area (Å²) >= 11 is 1.34. The molecule has 3 aromatic rings. The summed E-state index contributed by atoms with van der Waals surface area (Å²) in [4.78, 5) is 30.2. The second-order valence-electron chi connectivity index (χ2n) is 6.54. The molecule has 29 heavy (non-hydrogen) atoms. The highest BCUT2D eigenvalue weighted by Crippen LogP contribution is 2.37. The Morgan fingerprint density at radius 3 is 2.79 bits per heavy atom. The van der Waals surface area contributed by atoms with Crippen LogP contribution in [0.2, 0.25) is 0 Å². The predicted octanol–water partition coefficient (Wildman–Crippen LogP) is 2.76. The molecule has 1 aliphatic rings. The quantitative estimate of drug-likeness (QED) is 0.530. The van der Waals surface area contributed by atoms with Gasteiger partial charge in [-0.25, -0.2) is 4.90 Å². The number of amides is 1. The smallest absolute Gasteiger partial charge is 0.325 e. The fourth-order valence-electron chi connectivity index (χ4n) is 3.64. The van der Waals surface area contributed by atoms with Crippen LogP contribution in [-0.2, 0) is 4.79 Å². The minimum absolute atomic E-state index is 0.143. The molecule has 1 atom stereocenters. The number of aromatic nitrogens is 3. The van der Waals surface area contributed by atoms with Gasteiger partial charge >= 0.3 is 11.3 Å². The molecular formula is C21H21N4O3S+. The number of carbonyl (C=O) groups is 1. The lowest BCUT2D eigenvalue weighted by Gasteiger charge is -2.31. The Hall–Kier alpha value is -3.13. The zero-order valence-electron chi connectivity index (χ0n) is 16.4. The lowest BCUT2D eigenvalue weighted by molar-refractivity contribution is -0.763. The SMILES string of the molecule is CCOc1cccc([C@@H]2N(C(C)=O)c3ccccc3-c3c(=O)[nH]c(SC)n[n+]32)c1. The van der Waals surface area contributed by atoms with Crippen molar-refractivity contribution in [2.24, 2.45) is 0 Å². The number of rotatable bonds is 4. The molecule has 148 valence electrons. The molecule has 2 aromatic carbocycles. The van der Waals surface area contributed by atoms with Gasteiger partial charge in [0.05, 0.1) is 17.9 Å². The summed E-state index contributed by atoms with van der Waals surface area (Å²) in [6.07, 6.45) is 1.24. The van der Waals surface area contributed by atoms with Gasteiger partial charge in [0, 0.05) is 17.6 Å². The van der Waals surface area contributed by atoms with Gasteiger partial charge in [0.1, 0.15) is 5.75 Å². The van der Waals surface area contributed by atoms with Crippen LogP contribution in [0.4, 0.5) is 5.69 Å². The van der Waals surface area contributed by atoms with Crippen LogP contribution in [0.3, 0.4) is 0 Å². The highest BCUT2D eigenvalue weighted by molar-refractivity contribution is 7.98. The van der Waals surface area contributed by atoms with Gasteiger partial charge in [0.25, 0.3) is 6.17 Å². The number of ether oxygens (including phenoxy) is 1. The van der Waals surface area contributed by atoms with E-state index in [0.29, 0.717) is 34.5 Å². The minimum atomic E-state index is -0.606. The highest BCUT2D eigenvalue weighted by atomic mass is 32.2. The van der Waals surface area contributed by atoms with E-state index < -0.39 is 6.17 Å². The van der Waals surface area contributed by atoms with Crippen molar-refractivity contribution < 1.29 is 14.2 Å². The highest BCUT2D eigenvalue weighted by Gasteiger charge is 2.44. The summed E-state index contributed by atoms with van der Waals surface area (Å²) in [5.74, 6) is 0.555. The third kappa shape index (κ3) is 3.29. The van der Waals surface area contributed by atoms with Crippen LogP contribution < -0.4 is 19.9 Å². The first kappa shape index (κ1) is 19.2. The number of hydrogen-bond donors (Lipinski definition) is 1. The number of aromatic amines is 1. The largest absolute Gasteiger partial charge is 0.494 e. The number of para-hydroxylation sites is 1. The molecule has 0 aliphatic carbocycles. The van der Waals surface area contributed by atoms with Crippen molar-refractivity contribution >= 4 is 23.4 Å². The van der Waals surface area contributed by atoms with E-state index in [-0.39, 0.29) is 11.5 Å². The summed E-state index contributed by atoms with van der Waals surface area (Å²) in [5, 5.41) is 5.13. The Labute approximate surface area is 172 Å². The molecule has 4 rings (SSSR count). The third-order valence-electron chi connectivity index (χ3n) is 4.76. The van der Waals surface area contributed by atoms with Gasteiger partial charge in [-0.15, -0.1) is 0 Å². The monoisotopic (exact) mass is 409 g/mol. The number of nitrogens with zero attached hydrogens (tertiary/aromatic N) is 3. The maximum atomic E-state index is 13.0. The fraction of sp³-hybridized carbons (Fsp3) is 0.238. The Kier molecular flexibility index (Phi) is 5.10. The summed E-state index contributed by atoms with van der Waals surface area (Å²) < 4.78 is 7.29. The molecule has 1 N–H and O–H groups in total. The molecule has 0 fully saturated rings. The van der Waals surface area contributed by atoms with Gasteiger partial charge in [0.15, 0.2) is 0 Å². The molecule has 7 nitrogen and oxygen atoms in total. The average molecular weight is 409 g/mol. The molecule has 0 spiro atoms. The summed E-state index contributed by atoms with van der Waals surface area (Å²) in [6, 6.07) is 14.9. The van der Waals surface area contributed by atoms with Crippen molar-refractivity contribution in [1.82, 2.24) is 10.1 Å². The normalized spacial score (nSPS) is 14.9. The second-order valence-corrected chi connectivity index (χ2v) is 7.34. The molecule has 0 saturated heterocycles. The van der Waals surface area contributed by atoms with E-state index in [1.165, 1.54) is 18.7 Å². The van der Waals surface area contributed by atoms with Gasteiger partial charge in [-0.1, -0.05) is 30.0 Å². The van der Waals surface area contributed by atoms with Crippen LogP contribution in [0.1, 0.15) is 25.6 Å². The van der Waals surface area contributed by atoms with Crippen LogP contribution in [0.25, 0.3) is 11.3 Å². The number of thioether (sulfide) groups is 1. The number of H-pyrrole nitrogens is 1. The molecule has 1 aromatic heterocycles. The number of fused-ring (bicyclic) bond motifs is 3. The number of carbonyl (C=O) groups excluding carboxylic acids is 1. The molecule has 8 heteroatoms. The number of benzene rings is 2. The predicted molar refractivity (Wildman–Crippen MR) is 111 cm³/mol. The Morgan fingerprint density at radius 1 is 1.28 bits per heavy atom. The standard InChI is InChI=1S/C21H20N4O3S/c1-4-28-15-9-7-8-14(12-15)20-24(13(2)26)17-11-6-5-10-16(17)18-19(27)22-21(29-3)23-25(18)20/h5-12,20H,4H2,1-3H3/p+1/t20-/m1/s1. The number of hydrogen-bond acceptors (Lipinski definition) is 5. The Morgan fingerprint density at radius 2 is 2.07 bits per heavy atom. The van der Waals surface area contributed by atoms with Crippen LogP contribution in [-0.4, -0.2) is 28.9 Å². The van der Waals surface area contributed by atoms with E-state index in [0.717, 1.165) is 5.56 Å². The zero-order chi connectivity index (χ0) is 20.5. The Bertz CT molecular complexity index is 1140. The van der Waals surface area contributed by atoms with Crippen LogP contribution >= 0.6 is 11.8 Å². The number of nitrogens with one attached hydrogen (secondary N) is 1. The molecule has 2 heterocycles. The van der Waals surface area contributed by atoms with Crippen molar-refractivity contribution in [3.8, 4) is 17.0 Å². The average Bonchev–Trinajstić information content (AvgIpc) is 2.72. The molecule has 0 radical (unpaired) electrons. The topological polar surface area (TPSA) is 79.2 Å². The first-order valence-electron chi connectivity index (χ1n) is 9.27.